The molecule has 1 heterocycles. The van der Waals surface area contributed by atoms with Gasteiger partial charge >= 0.3 is 6.03 Å². The fourth-order valence-corrected chi connectivity index (χ4v) is 3.26. The highest BCUT2D eigenvalue weighted by Crippen LogP contribution is 2.23. The molecule has 0 bridgehead atoms. The molecule has 4 nitrogen and oxygen atoms in total. The number of nitrogens with one attached hydrogen (secondary N) is 1. The van der Waals surface area contributed by atoms with Gasteiger partial charge in [0.15, 0.2) is 5.78 Å². The van der Waals surface area contributed by atoms with E-state index in [2.05, 4.69) is 5.32 Å². The van der Waals surface area contributed by atoms with Gasteiger partial charge in [-0.15, -0.1) is 0 Å². The molecule has 5 heteroatoms. The highest BCUT2D eigenvalue weighted by molar-refractivity contribution is 6.30. The largest absolute Gasteiger partial charge is 0.324 e. The monoisotopic (exact) mass is 356 g/mol. The maximum absolute atomic E-state index is 12.6. The minimum atomic E-state index is -0.150. The summed E-state index contributed by atoms with van der Waals surface area (Å²) in [6.07, 6.45) is 1.38. The number of hydrogen-bond acceptors (Lipinski definition) is 2. The Morgan fingerprint density at radius 3 is 2.40 bits per heavy atom. The van der Waals surface area contributed by atoms with E-state index in [0.717, 1.165) is 11.1 Å². The highest BCUT2D eigenvalue weighted by Gasteiger charge is 2.27. The number of carbonyl (C=O) groups excluding carboxylic acids is 2. The first kappa shape index (κ1) is 17.5. The quantitative estimate of drug-likeness (QED) is 0.805. The van der Waals surface area contributed by atoms with Gasteiger partial charge < -0.3 is 10.2 Å². The molecule has 1 N–H and O–H groups in total. The Balaban J connectivity index is 1.55. The third-order valence-electron chi connectivity index (χ3n) is 4.56. The number of halogens is 1. The molecule has 2 aromatic carbocycles. The molecular formula is C20H21ClN2O2. The van der Waals surface area contributed by atoms with Crippen LogP contribution in [-0.2, 0) is 0 Å². The lowest BCUT2D eigenvalue weighted by Gasteiger charge is -2.31. The Labute approximate surface area is 152 Å². The van der Waals surface area contributed by atoms with Crippen LogP contribution < -0.4 is 5.32 Å². The Morgan fingerprint density at radius 1 is 1.08 bits per heavy atom. The number of likely N-dealkylation sites (tertiary alicyclic amines) is 1. The number of aryl methyl sites for hydroxylation is 1. The number of rotatable bonds is 3. The van der Waals surface area contributed by atoms with Crippen molar-refractivity contribution in [2.75, 3.05) is 18.4 Å². The number of nitrogens with zero attached hydrogens (tertiary/aromatic N) is 1. The minimum absolute atomic E-state index is 0.0158. The van der Waals surface area contributed by atoms with Crippen molar-refractivity contribution in [1.29, 1.82) is 0 Å². The lowest BCUT2D eigenvalue weighted by Crippen LogP contribution is -2.42. The molecule has 0 aromatic heterocycles. The molecule has 1 fully saturated rings. The molecule has 0 saturated carbocycles. The van der Waals surface area contributed by atoms with Gasteiger partial charge in [0.05, 0.1) is 0 Å². The normalized spacial score (nSPS) is 15.0. The lowest BCUT2D eigenvalue weighted by molar-refractivity contribution is 0.0859. The van der Waals surface area contributed by atoms with E-state index < -0.39 is 0 Å². The summed E-state index contributed by atoms with van der Waals surface area (Å²) in [4.78, 5) is 26.7. The molecule has 0 spiro atoms. The van der Waals surface area contributed by atoms with Gasteiger partial charge in [-0.05, 0) is 38.0 Å². The summed E-state index contributed by atoms with van der Waals surface area (Å²) in [6.45, 7) is 3.16. The van der Waals surface area contributed by atoms with Crippen molar-refractivity contribution in [3.8, 4) is 0 Å². The second-order valence-electron chi connectivity index (χ2n) is 6.43. The first-order chi connectivity index (χ1) is 12.0. The van der Waals surface area contributed by atoms with E-state index in [9.17, 15) is 9.59 Å². The van der Waals surface area contributed by atoms with E-state index in [1.807, 2.05) is 31.2 Å². The van der Waals surface area contributed by atoms with E-state index in [1.54, 1.807) is 29.2 Å². The van der Waals surface area contributed by atoms with Gasteiger partial charge in [-0.3, -0.25) is 4.79 Å². The average Bonchev–Trinajstić information content (AvgIpc) is 2.62. The van der Waals surface area contributed by atoms with E-state index in [4.69, 9.17) is 11.6 Å². The summed E-state index contributed by atoms with van der Waals surface area (Å²) in [7, 11) is 0. The number of amides is 2. The summed E-state index contributed by atoms with van der Waals surface area (Å²) >= 11 is 5.93. The van der Waals surface area contributed by atoms with Gasteiger partial charge in [-0.1, -0.05) is 47.5 Å². The molecule has 2 aromatic rings. The van der Waals surface area contributed by atoms with Crippen LogP contribution in [0.1, 0.15) is 28.8 Å². The van der Waals surface area contributed by atoms with E-state index >= 15 is 0 Å². The maximum Gasteiger partial charge on any atom is 0.321 e. The minimum Gasteiger partial charge on any atom is -0.324 e. The molecular weight excluding hydrogens is 336 g/mol. The molecule has 0 radical (unpaired) electrons. The summed E-state index contributed by atoms with van der Waals surface area (Å²) in [5.74, 6) is 0.160. The molecule has 25 heavy (non-hydrogen) atoms. The number of hydrogen-bond donors (Lipinski definition) is 1. The Hall–Kier alpha value is -2.33. The average molecular weight is 357 g/mol. The topological polar surface area (TPSA) is 49.4 Å². The van der Waals surface area contributed by atoms with Crippen molar-refractivity contribution in [2.24, 2.45) is 5.92 Å². The van der Waals surface area contributed by atoms with Crippen LogP contribution in [0.15, 0.2) is 48.5 Å². The van der Waals surface area contributed by atoms with Crippen LogP contribution in [0.2, 0.25) is 5.02 Å². The number of ketones is 1. The van der Waals surface area contributed by atoms with Crippen LogP contribution in [0.5, 0.6) is 0 Å². The Kier molecular flexibility index (Phi) is 5.39. The number of Topliss-reactive ketones (excluding diaryl/α,β-unsaturated/α-hetero) is 1. The van der Waals surface area contributed by atoms with Crippen molar-refractivity contribution < 1.29 is 9.59 Å². The predicted molar refractivity (Wildman–Crippen MR) is 100 cm³/mol. The van der Waals surface area contributed by atoms with Crippen molar-refractivity contribution in [3.63, 3.8) is 0 Å². The van der Waals surface area contributed by atoms with Crippen molar-refractivity contribution in [1.82, 2.24) is 4.90 Å². The zero-order valence-electron chi connectivity index (χ0n) is 14.2. The van der Waals surface area contributed by atoms with Crippen molar-refractivity contribution in [3.05, 3.63) is 64.7 Å². The maximum atomic E-state index is 12.6. The smallest absolute Gasteiger partial charge is 0.321 e. The predicted octanol–water partition coefficient (Wildman–Crippen LogP) is 4.78. The summed E-state index contributed by atoms with van der Waals surface area (Å²) in [5.41, 5.74) is 2.58. The van der Waals surface area contributed by atoms with Crippen LogP contribution in [0.4, 0.5) is 10.5 Å². The van der Waals surface area contributed by atoms with Crippen LogP contribution >= 0.6 is 11.6 Å². The molecule has 0 unspecified atom stereocenters. The van der Waals surface area contributed by atoms with Gasteiger partial charge in [-0.2, -0.15) is 0 Å². The van der Waals surface area contributed by atoms with Gasteiger partial charge in [0.2, 0.25) is 0 Å². The second kappa shape index (κ2) is 7.70. The molecule has 1 saturated heterocycles. The van der Waals surface area contributed by atoms with Gasteiger partial charge in [-0.25, -0.2) is 4.79 Å². The third kappa shape index (κ3) is 4.40. The molecule has 1 aliphatic heterocycles. The van der Waals surface area contributed by atoms with Crippen molar-refractivity contribution >= 4 is 29.1 Å². The third-order valence-corrected chi connectivity index (χ3v) is 4.80. The van der Waals surface area contributed by atoms with E-state index in [0.29, 0.717) is 36.6 Å². The number of carbonyl (C=O) groups is 2. The van der Waals surface area contributed by atoms with E-state index in [-0.39, 0.29) is 17.7 Å². The SMILES string of the molecule is Cc1ccc(C(=O)C2CCN(C(=O)Nc3cccc(Cl)c3)CC2)cc1. The molecule has 3 rings (SSSR count). The standard InChI is InChI=1S/C20H21ClN2O2/c1-14-5-7-15(8-6-14)19(24)16-9-11-23(12-10-16)20(25)22-18-4-2-3-17(21)13-18/h2-8,13,16H,9-12H2,1H3,(H,22,25). The Bertz CT molecular complexity index is 766. The fourth-order valence-electron chi connectivity index (χ4n) is 3.07. The molecule has 1 aliphatic rings. The zero-order chi connectivity index (χ0) is 17.8. The number of urea groups is 1. The van der Waals surface area contributed by atoms with E-state index in [1.165, 1.54) is 0 Å². The molecule has 2 amide bonds. The van der Waals surface area contributed by atoms with Crippen LogP contribution in [0, 0.1) is 12.8 Å². The number of anilines is 1. The van der Waals surface area contributed by atoms with Crippen LogP contribution in [0.25, 0.3) is 0 Å². The summed E-state index contributed by atoms with van der Waals surface area (Å²) < 4.78 is 0. The zero-order valence-corrected chi connectivity index (χ0v) is 14.9. The fraction of sp³-hybridized carbons (Fsp3) is 0.300. The number of piperidine rings is 1. The summed E-state index contributed by atoms with van der Waals surface area (Å²) in [5, 5.41) is 3.44. The number of benzene rings is 2. The highest BCUT2D eigenvalue weighted by atomic mass is 35.5. The summed E-state index contributed by atoms with van der Waals surface area (Å²) in [6, 6.07) is 14.6. The van der Waals surface area contributed by atoms with Crippen LogP contribution in [-0.4, -0.2) is 29.8 Å². The van der Waals surface area contributed by atoms with Crippen molar-refractivity contribution in [2.45, 2.75) is 19.8 Å². The Morgan fingerprint density at radius 2 is 1.76 bits per heavy atom. The van der Waals surface area contributed by atoms with Gasteiger partial charge in [0, 0.05) is 35.3 Å². The molecule has 0 aliphatic carbocycles. The first-order valence-electron chi connectivity index (χ1n) is 8.45. The second-order valence-corrected chi connectivity index (χ2v) is 6.87. The van der Waals surface area contributed by atoms with Crippen LogP contribution in [0.3, 0.4) is 0 Å². The lowest BCUT2D eigenvalue weighted by atomic mass is 9.89. The van der Waals surface area contributed by atoms with Gasteiger partial charge in [0.1, 0.15) is 0 Å². The molecule has 130 valence electrons. The van der Waals surface area contributed by atoms with Gasteiger partial charge in [0.25, 0.3) is 0 Å². The first-order valence-corrected chi connectivity index (χ1v) is 8.83. The molecule has 0 atom stereocenters.